The monoisotopic (exact) mass is 563 g/mol. The number of likely N-dealkylation sites (tertiary alicyclic amines) is 1. The number of nitrogens with one attached hydrogen (secondary N) is 1. The molecule has 1 spiro atoms. The molecule has 5 rings (SSSR count). The molecule has 39 heavy (non-hydrogen) atoms. The number of ether oxygens (including phenoxy) is 1. The Hall–Kier alpha value is -3.03. The molecule has 3 aromatic rings. The van der Waals surface area contributed by atoms with Crippen molar-refractivity contribution in [3.8, 4) is 6.07 Å². The van der Waals surface area contributed by atoms with Crippen LogP contribution >= 0.6 is 11.3 Å². The fourth-order valence-electron chi connectivity index (χ4n) is 5.44. The molecule has 2 aliphatic rings. The average molecular weight is 564 g/mol. The van der Waals surface area contributed by atoms with Crippen LogP contribution < -0.4 is 5.32 Å². The van der Waals surface area contributed by atoms with E-state index in [0.29, 0.717) is 22.9 Å². The molecule has 0 atom stereocenters. The van der Waals surface area contributed by atoms with Crippen LogP contribution in [0.2, 0.25) is 0 Å². The number of amides is 1. The molecule has 0 aliphatic carbocycles. The van der Waals surface area contributed by atoms with Gasteiger partial charge in [-0.3, -0.25) is 9.69 Å². The van der Waals surface area contributed by atoms with Gasteiger partial charge in [0.15, 0.2) is 9.84 Å². The summed E-state index contributed by atoms with van der Waals surface area (Å²) in [6.07, 6.45) is 2.57. The number of carbonyl (C=O) groups is 1. The van der Waals surface area contributed by atoms with E-state index in [9.17, 15) is 18.5 Å². The van der Waals surface area contributed by atoms with E-state index in [1.54, 1.807) is 31.2 Å². The number of nitriles is 1. The molecule has 1 amide bonds. The molecular weight excluding hydrogens is 530 g/mol. The van der Waals surface area contributed by atoms with E-state index in [1.165, 1.54) is 27.3 Å². The summed E-state index contributed by atoms with van der Waals surface area (Å²) in [6.45, 7) is 7.25. The standard InChI is InChI=1S/C30H33N3O4S2/c1-3-39(35,36)26-8-5-22(6-9-26)19-32-29(34)27-17-24-10-15-37-30(28(24)38-27)11-13-33(14-12-30)20-23-4-7-25(18-31)21(2)16-23/h4-9,16-17H,3,10-15,19-20H2,1-2H3,(H,32,34). The number of hydrogen-bond donors (Lipinski definition) is 1. The number of carbonyl (C=O) groups excluding carboxylic acids is 1. The van der Waals surface area contributed by atoms with Gasteiger partial charge in [-0.05, 0) is 72.7 Å². The van der Waals surface area contributed by atoms with Gasteiger partial charge in [-0.15, -0.1) is 11.3 Å². The minimum atomic E-state index is -3.24. The van der Waals surface area contributed by atoms with Crippen LogP contribution in [0.5, 0.6) is 0 Å². The third-order valence-corrected chi connectivity index (χ3v) is 10.9. The van der Waals surface area contributed by atoms with Gasteiger partial charge in [0.25, 0.3) is 5.91 Å². The molecule has 1 N–H and O–H groups in total. The van der Waals surface area contributed by atoms with E-state index in [0.717, 1.165) is 55.6 Å². The zero-order valence-electron chi connectivity index (χ0n) is 22.3. The highest BCUT2D eigenvalue weighted by Gasteiger charge is 2.42. The maximum absolute atomic E-state index is 13.0. The summed E-state index contributed by atoms with van der Waals surface area (Å²) in [5, 5.41) is 12.2. The number of sulfone groups is 1. The minimum Gasteiger partial charge on any atom is -0.369 e. The fraction of sp³-hybridized carbons (Fsp3) is 0.400. The predicted molar refractivity (Wildman–Crippen MR) is 151 cm³/mol. The van der Waals surface area contributed by atoms with Crippen LogP contribution in [0, 0.1) is 18.3 Å². The van der Waals surface area contributed by atoms with E-state index >= 15 is 0 Å². The van der Waals surface area contributed by atoms with E-state index in [4.69, 9.17) is 4.74 Å². The van der Waals surface area contributed by atoms with Gasteiger partial charge >= 0.3 is 0 Å². The Balaban J connectivity index is 1.22. The minimum absolute atomic E-state index is 0.0617. The largest absolute Gasteiger partial charge is 0.369 e. The zero-order valence-corrected chi connectivity index (χ0v) is 24.0. The average Bonchev–Trinajstić information content (AvgIpc) is 3.40. The summed E-state index contributed by atoms with van der Waals surface area (Å²) < 4.78 is 30.5. The van der Waals surface area contributed by atoms with E-state index in [1.807, 2.05) is 25.1 Å². The van der Waals surface area contributed by atoms with Crippen molar-refractivity contribution >= 4 is 27.1 Å². The first-order chi connectivity index (χ1) is 18.7. The van der Waals surface area contributed by atoms with Gasteiger partial charge in [-0.1, -0.05) is 31.2 Å². The van der Waals surface area contributed by atoms with Crippen molar-refractivity contribution in [1.82, 2.24) is 10.2 Å². The Morgan fingerprint density at radius 2 is 1.85 bits per heavy atom. The molecular formula is C30H33N3O4S2. The van der Waals surface area contributed by atoms with Crippen molar-refractivity contribution < 1.29 is 17.9 Å². The first kappa shape index (κ1) is 27.5. The third-order valence-electron chi connectivity index (χ3n) is 7.79. The summed E-state index contributed by atoms with van der Waals surface area (Å²) in [6, 6.07) is 17.0. The summed E-state index contributed by atoms with van der Waals surface area (Å²) in [4.78, 5) is 17.6. The second kappa shape index (κ2) is 11.2. The fourth-order valence-corrected chi connectivity index (χ4v) is 7.65. The highest BCUT2D eigenvalue weighted by molar-refractivity contribution is 7.91. The van der Waals surface area contributed by atoms with Gasteiger partial charge in [0, 0.05) is 31.1 Å². The Labute approximate surface area is 234 Å². The van der Waals surface area contributed by atoms with Crippen LogP contribution in [0.3, 0.4) is 0 Å². The van der Waals surface area contributed by atoms with Crippen molar-refractivity contribution in [2.75, 3.05) is 25.4 Å². The maximum atomic E-state index is 13.0. The Kier molecular flexibility index (Phi) is 7.92. The molecule has 1 fully saturated rings. The quantitative estimate of drug-likeness (QED) is 0.447. The first-order valence-electron chi connectivity index (χ1n) is 13.3. The van der Waals surface area contributed by atoms with Gasteiger partial charge < -0.3 is 10.1 Å². The smallest absolute Gasteiger partial charge is 0.261 e. The Bertz CT molecular complexity index is 1510. The van der Waals surface area contributed by atoms with Crippen LogP contribution in [0.15, 0.2) is 53.4 Å². The van der Waals surface area contributed by atoms with Crippen molar-refractivity contribution in [3.05, 3.63) is 86.1 Å². The zero-order chi connectivity index (χ0) is 27.6. The molecule has 2 aliphatic heterocycles. The van der Waals surface area contributed by atoms with Crippen LogP contribution in [0.1, 0.15) is 62.1 Å². The lowest BCUT2D eigenvalue weighted by Crippen LogP contribution is -2.45. The summed E-state index contributed by atoms with van der Waals surface area (Å²) >= 11 is 1.54. The number of nitrogens with zero attached hydrogens (tertiary/aromatic N) is 2. The molecule has 0 bridgehead atoms. The molecule has 0 radical (unpaired) electrons. The third kappa shape index (κ3) is 5.80. The van der Waals surface area contributed by atoms with E-state index < -0.39 is 9.84 Å². The number of rotatable bonds is 7. The van der Waals surface area contributed by atoms with Gasteiger partial charge in [0.05, 0.1) is 33.8 Å². The van der Waals surface area contributed by atoms with Crippen molar-refractivity contribution in [2.24, 2.45) is 0 Å². The number of hydrogen-bond acceptors (Lipinski definition) is 7. The summed E-state index contributed by atoms with van der Waals surface area (Å²) in [5.41, 5.74) is 4.66. The van der Waals surface area contributed by atoms with Crippen molar-refractivity contribution in [1.29, 1.82) is 5.26 Å². The normalized spacial score (nSPS) is 16.9. The lowest BCUT2D eigenvalue weighted by molar-refractivity contribution is -0.0960. The SMILES string of the molecule is CCS(=O)(=O)c1ccc(CNC(=O)c2cc3c(s2)C2(CCN(Cc4ccc(C#N)c(C)c4)CC2)OCC3)cc1. The summed E-state index contributed by atoms with van der Waals surface area (Å²) in [5.74, 6) is -0.0601. The number of fused-ring (bicyclic) bond motifs is 2. The summed E-state index contributed by atoms with van der Waals surface area (Å²) in [7, 11) is -3.24. The highest BCUT2D eigenvalue weighted by atomic mass is 32.2. The molecule has 204 valence electrons. The predicted octanol–water partition coefficient (Wildman–Crippen LogP) is 4.72. The van der Waals surface area contributed by atoms with Crippen LogP contribution in [0.25, 0.3) is 0 Å². The topological polar surface area (TPSA) is 99.5 Å². The van der Waals surface area contributed by atoms with Gasteiger partial charge in [0.1, 0.15) is 5.60 Å². The number of aryl methyl sites for hydroxylation is 1. The van der Waals surface area contributed by atoms with Crippen LogP contribution in [-0.4, -0.2) is 44.7 Å². The molecule has 0 saturated carbocycles. The van der Waals surface area contributed by atoms with Crippen LogP contribution in [-0.2, 0) is 39.7 Å². The Morgan fingerprint density at radius 3 is 2.51 bits per heavy atom. The molecule has 2 aromatic carbocycles. The maximum Gasteiger partial charge on any atom is 0.261 e. The number of piperidine rings is 1. The van der Waals surface area contributed by atoms with Gasteiger partial charge in [-0.2, -0.15) is 5.26 Å². The first-order valence-corrected chi connectivity index (χ1v) is 15.8. The second-order valence-corrected chi connectivity index (χ2v) is 13.7. The molecule has 9 heteroatoms. The lowest BCUT2D eigenvalue weighted by atomic mass is 9.85. The molecule has 7 nitrogen and oxygen atoms in total. The highest BCUT2D eigenvalue weighted by Crippen LogP contribution is 2.45. The van der Waals surface area contributed by atoms with E-state index in [-0.39, 0.29) is 17.3 Å². The number of thiophene rings is 1. The lowest BCUT2D eigenvalue weighted by Gasteiger charge is -2.43. The molecule has 1 saturated heterocycles. The van der Waals surface area contributed by atoms with Crippen molar-refractivity contribution in [3.63, 3.8) is 0 Å². The molecule has 3 heterocycles. The second-order valence-electron chi connectivity index (χ2n) is 10.3. The molecule has 1 aromatic heterocycles. The van der Waals surface area contributed by atoms with Gasteiger partial charge in [0.2, 0.25) is 0 Å². The molecule has 0 unspecified atom stereocenters. The van der Waals surface area contributed by atoms with Crippen molar-refractivity contribution in [2.45, 2.75) is 56.7 Å². The van der Waals surface area contributed by atoms with Gasteiger partial charge in [-0.25, -0.2) is 8.42 Å². The Morgan fingerprint density at radius 1 is 1.13 bits per heavy atom. The number of benzene rings is 2. The van der Waals surface area contributed by atoms with E-state index in [2.05, 4.69) is 22.4 Å². The van der Waals surface area contributed by atoms with Crippen LogP contribution in [0.4, 0.5) is 0 Å².